The molecule has 0 saturated heterocycles. The first-order valence-electron chi connectivity index (χ1n) is 8.51. The van der Waals surface area contributed by atoms with Crippen LogP contribution in [0.15, 0.2) is 47.2 Å². The highest BCUT2D eigenvalue weighted by molar-refractivity contribution is 7.07. The number of ether oxygens (including phenoxy) is 1. The lowest BCUT2D eigenvalue weighted by molar-refractivity contribution is 0.0680. The largest absolute Gasteiger partial charge is 0.383 e. The Hall–Kier alpha value is -2.44. The van der Waals surface area contributed by atoms with E-state index in [-0.39, 0.29) is 5.91 Å². The summed E-state index contributed by atoms with van der Waals surface area (Å²) < 4.78 is 7.05. The first kappa shape index (κ1) is 18.4. The van der Waals surface area contributed by atoms with E-state index in [1.807, 2.05) is 65.2 Å². The van der Waals surface area contributed by atoms with Crippen LogP contribution in [0.1, 0.15) is 27.3 Å². The molecule has 6 heteroatoms. The van der Waals surface area contributed by atoms with E-state index in [4.69, 9.17) is 4.74 Å². The molecule has 0 spiro atoms. The Morgan fingerprint density at radius 2 is 2.00 bits per heavy atom. The van der Waals surface area contributed by atoms with Gasteiger partial charge in [-0.1, -0.05) is 0 Å². The topological polar surface area (TPSA) is 47.4 Å². The summed E-state index contributed by atoms with van der Waals surface area (Å²) in [6.45, 7) is 5.65. The molecule has 2 aromatic heterocycles. The number of carbonyl (C=O) groups excluding carboxylic acids is 1. The number of thiophene rings is 1. The summed E-state index contributed by atoms with van der Waals surface area (Å²) in [5.74, 6) is 0.00756. The number of aromatic nitrogens is 2. The van der Waals surface area contributed by atoms with Gasteiger partial charge in [-0.05, 0) is 66.6 Å². The fraction of sp³-hybridized carbons (Fsp3) is 0.300. The molecule has 0 aliphatic rings. The second-order valence-corrected chi connectivity index (χ2v) is 7.02. The summed E-state index contributed by atoms with van der Waals surface area (Å²) >= 11 is 1.64. The number of amides is 1. The predicted molar refractivity (Wildman–Crippen MR) is 104 cm³/mol. The molecule has 3 rings (SSSR count). The number of nitrogens with zero attached hydrogens (tertiary/aromatic N) is 3. The Morgan fingerprint density at radius 3 is 2.58 bits per heavy atom. The van der Waals surface area contributed by atoms with E-state index >= 15 is 0 Å². The van der Waals surface area contributed by atoms with Crippen molar-refractivity contribution in [2.24, 2.45) is 0 Å². The summed E-state index contributed by atoms with van der Waals surface area (Å²) in [4.78, 5) is 14.8. The third kappa shape index (κ3) is 4.20. The monoisotopic (exact) mass is 369 g/mol. The Bertz CT molecular complexity index is 854. The van der Waals surface area contributed by atoms with Crippen LogP contribution in [0.3, 0.4) is 0 Å². The molecule has 136 valence electrons. The zero-order valence-corrected chi connectivity index (χ0v) is 16.1. The van der Waals surface area contributed by atoms with E-state index in [2.05, 4.69) is 10.5 Å². The van der Waals surface area contributed by atoms with E-state index < -0.39 is 0 Å². The average Bonchev–Trinajstić information content (AvgIpc) is 3.27. The molecular formula is C20H23N3O2S. The SMILES string of the molecule is COCCN(Cc1ccsc1)C(=O)c1ccc(-n2nc(C)cc2C)cc1. The van der Waals surface area contributed by atoms with Gasteiger partial charge in [0.2, 0.25) is 0 Å². The van der Waals surface area contributed by atoms with Crippen LogP contribution in [0, 0.1) is 13.8 Å². The minimum atomic E-state index is 0.00756. The molecule has 3 aromatic rings. The molecule has 26 heavy (non-hydrogen) atoms. The van der Waals surface area contributed by atoms with Crippen molar-refractivity contribution in [3.05, 3.63) is 69.7 Å². The van der Waals surface area contributed by atoms with Crippen LogP contribution < -0.4 is 0 Å². The Balaban J connectivity index is 1.79. The highest BCUT2D eigenvalue weighted by Gasteiger charge is 2.16. The van der Waals surface area contributed by atoms with Gasteiger partial charge in [0.05, 0.1) is 18.0 Å². The standard InChI is InChI=1S/C20H23N3O2S/c1-15-12-16(2)23(21-15)19-6-4-18(5-7-19)20(24)22(9-10-25-3)13-17-8-11-26-14-17/h4-8,11-12,14H,9-10,13H2,1-3H3. The number of aryl methyl sites for hydroxylation is 2. The lowest BCUT2D eigenvalue weighted by Gasteiger charge is -2.22. The third-order valence-corrected chi connectivity index (χ3v) is 4.91. The van der Waals surface area contributed by atoms with Gasteiger partial charge in [0.25, 0.3) is 5.91 Å². The fourth-order valence-electron chi connectivity index (χ4n) is 2.87. The van der Waals surface area contributed by atoms with Crippen LogP contribution in [0.2, 0.25) is 0 Å². The molecule has 0 radical (unpaired) electrons. The second-order valence-electron chi connectivity index (χ2n) is 6.24. The summed E-state index contributed by atoms with van der Waals surface area (Å²) in [7, 11) is 1.65. The molecule has 2 heterocycles. The van der Waals surface area contributed by atoms with Crippen molar-refractivity contribution in [1.82, 2.24) is 14.7 Å². The van der Waals surface area contributed by atoms with Crippen molar-refractivity contribution < 1.29 is 9.53 Å². The fourth-order valence-corrected chi connectivity index (χ4v) is 3.53. The number of methoxy groups -OCH3 is 1. The first-order chi connectivity index (χ1) is 12.6. The number of carbonyl (C=O) groups is 1. The van der Waals surface area contributed by atoms with Gasteiger partial charge < -0.3 is 9.64 Å². The zero-order chi connectivity index (χ0) is 18.5. The van der Waals surface area contributed by atoms with Crippen LogP contribution in [0.25, 0.3) is 5.69 Å². The number of benzene rings is 1. The molecule has 1 amide bonds. The zero-order valence-electron chi connectivity index (χ0n) is 15.3. The maximum atomic E-state index is 12.9. The molecule has 0 saturated carbocycles. The molecule has 0 unspecified atom stereocenters. The van der Waals surface area contributed by atoms with Crippen LogP contribution in [0.5, 0.6) is 0 Å². The van der Waals surface area contributed by atoms with Crippen molar-refractivity contribution in [3.8, 4) is 5.69 Å². The Labute approximate surface area is 157 Å². The molecule has 0 atom stereocenters. The van der Waals surface area contributed by atoms with Crippen LogP contribution in [-0.2, 0) is 11.3 Å². The van der Waals surface area contributed by atoms with Crippen molar-refractivity contribution in [1.29, 1.82) is 0 Å². The molecule has 1 aromatic carbocycles. The highest BCUT2D eigenvalue weighted by atomic mass is 32.1. The molecular weight excluding hydrogens is 346 g/mol. The van der Waals surface area contributed by atoms with Gasteiger partial charge in [-0.2, -0.15) is 16.4 Å². The minimum Gasteiger partial charge on any atom is -0.383 e. The Kier molecular flexibility index (Phi) is 5.85. The summed E-state index contributed by atoms with van der Waals surface area (Å²) in [6, 6.07) is 11.7. The van der Waals surface area contributed by atoms with E-state index in [0.29, 0.717) is 25.3 Å². The predicted octanol–water partition coefficient (Wildman–Crippen LogP) is 3.84. The first-order valence-corrected chi connectivity index (χ1v) is 9.46. The minimum absolute atomic E-state index is 0.00756. The average molecular weight is 369 g/mol. The maximum absolute atomic E-state index is 12.9. The summed E-state index contributed by atoms with van der Waals surface area (Å²) in [5, 5.41) is 8.58. The lowest BCUT2D eigenvalue weighted by Crippen LogP contribution is -2.33. The van der Waals surface area contributed by atoms with Gasteiger partial charge in [0, 0.05) is 31.5 Å². The van der Waals surface area contributed by atoms with Crippen LogP contribution in [0.4, 0.5) is 0 Å². The van der Waals surface area contributed by atoms with Crippen molar-refractivity contribution in [2.75, 3.05) is 20.3 Å². The lowest BCUT2D eigenvalue weighted by atomic mass is 10.1. The van der Waals surface area contributed by atoms with Crippen LogP contribution in [-0.4, -0.2) is 40.8 Å². The van der Waals surface area contributed by atoms with E-state index in [9.17, 15) is 4.79 Å². The van der Waals surface area contributed by atoms with Gasteiger partial charge >= 0.3 is 0 Å². The molecule has 0 fully saturated rings. The van der Waals surface area contributed by atoms with Gasteiger partial charge in [0.15, 0.2) is 0 Å². The normalized spacial score (nSPS) is 10.9. The summed E-state index contributed by atoms with van der Waals surface area (Å²) in [6.07, 6.45) is 0. The van der Waals surface area contributed by atoms with Gasteiger partial charge in [-0.3, -0.25) is 4.79 Å². The van der Waals surface area contributed by atoms with Gasteiger partial charge in [-0.15, -0.1) is 0 Å². The molecule has 5 nitrogen and oxygen atoms in total. The van der Waals surface area contributed by atoms with Crippen molar-refractivity contribution in [3.63, 3.8) is 0 Å². The smallest absolute Gasteiger partial charge is 0.254 e. The number of hydrogen-bond acceptors (Lipinski definition) is 4. The quantitative estimate of drug-likeness (QED) is 0.636. The van der Waals surface area contributed by atoms with Gasteiger partial charge in [-0.25, -0.2) is 4.68 Å². The van der Waals surface area contributed by atoms with E-state index in [0.717, 1.165) is 22.6 Å². The number of hydrogen-bond donors (Lipinski definition) is 0. The van der Waals surface area contributed by atoms with E-state index in [1.54, 1.807) is 18.4 Å². The van der Waals surface area contributed by atoms with E-state index in [1.165, 1.54) is 0 Å². The van der Waals surface area contributed by atoms with Gasteiger partial charge in [0.1, 0.15) is 0 Å². The molecule has 0 N–H and O–H groups in total. The highest BCUT2D eigenvalue weighted by Crippen LogP contribution is 2.16. The molecule has 0 aliphatic heterocycles. The van der Waals surface area contributed by atoms with Crippen molar-refractivity contribution in [2.45, 2.75) is 20.4 Å². The Morgan fingerprint density at radius 1 is 1.23 bits per heavy atom. The third-order valence-electron chi connectivity index (χ3n) is 4.17. The molecule has 0 bridgehead atoms. The second kappa shape index (κ2) is 8.29. The molecule has 0 aliphatic carbocycles. The van der Waals surface area contributed by atoms with Crippen molar-refractivity contribution >= 4 is 17.2 Å². The van der Waals surface area contributed by atoms with Crippen LogP contribution >= 0.6 is 11.3 Å². The summed E-state index contributed by atoms with van der Waals surface area (Å²) in [5.41, 5.74) is 4.80. The number of rotatable bonds is 7. The maximum Gasteiger partial charge on any atom is 0.254 e.